The van der Waals surface area contributed by atoms with E-state index in [0.717, 1.165) is 33.1 Å². The molecule has 0 aliphatic carbocycles. The van der Waals surface area contributed by atoms with E-state index in [1.165, 1.54) is 7.11 Å². The topological polar surface area (TPSA) is 68.5 Å². The Morgan fingerprint density at radius 1 is 1.10 bits per heavy atom. The molecule has 3 rings (SSSR count). The van der Waals surface area contributed by atoms with Crippen LogP contribution in [0.25, 0.3) is 21.9 Å². The molecule has 3 aromatic rings. The minimum atomic E-state index is -1.38. The van der Waals surface area contributed by atoms with Crippen molar-refractivity contribution in [2.24, 2.45) is 0 Å². The van der Waals surface area contributed by atoms with E-state index in [2.05, 4.69) is 16.6 Å². The van der Waals surface area contributed by atoms with Crippen LogP contribution in [0.3, 0.4) is 0 Å². The lowest BCUT2D eigenvalue weighted by molar-refractivity contribution is -0.142. The van der Waals surface area contributed by atoms with E-state index < -0.39 is 21.3 Å². The summed E-state index contributed by atoms with van der Waals surface area (Å²) in [6, 6.07) is 11.6. The van der Waals surface area contributed by atoms with Gasteiger partial charge >= 0.3 is 5.97 Å². The fraction of sp³-hybridized carbons (Fsp3) is 0.375. The highest BCUT2D eigenvalue weighted by Crippen LogP contribution is 2.35. The lowest BCUT2D eigenvalue weighted by Crippen LogP contribution is -2.47. The summed E-state index contributed by atoms with van der Waals surface area (Å²) in [5.41, 5.74) is 2.36. The summed E-state index contributed by atoms with van der Waals surface area (Å²) in [7, 11) is -0.0290. The van der Waals surface area contributed by atoms with E-state index in [4.69, 9.17) is 9.15 Å². The monoisotopic (exact) mass is 425 g/mol. The molecule has 0 aliphatic heterocycles. The van der Waals surface area contributed by atoms with Gasteiger partial charge in [-0.05, 0) is 70.5 Å². The van der Waals surface area contributed by atoms with Crippen molar-refractivity contribution in [3.05, 3.63) is 47.5 Å². The standard InChI is InChI=1S/C24H27NO4S/c1-7-8-16-9-11-20-18(13-16)19-14-17(10-12-21(19)29-20)24(5,15-22(26)28-6)25-30(27)23(2,3)4/h9-14,25H,15H2,1-6H3/t24-,30?/m0/s1. The van der Waals surface area contributed by atoms with Crippen LogP contribution in [0.5, 0.6) is 0 Å². The van der Waals surface area contributed by atoms with Crippen LogP contribution < -0.4 is 4.72 Å². The van der Waals surface area contributed by atoms with Crippen LogP contribution in [-0.2, 0) is 26.1 Å². The molecule has 0 bridgehead atoms. The molecule has 0 aliphatic rings. The molecule has 30 heavy (non-hydrogen) atoms. The maximum absolute atomic E-state index is 12.9. The van der Waals surface area contributed by atoms with Gasteiger partial charge in [0.15, 0.2) is 0 Å². The fourth-order valence-electron chi connectivity index (χ4n) is 3.26. The Bertz CT molecular complexity index is 1190. The summed E-state index contributed by atoms with van der Waals surface area (Å²) in [6.07, 6.45) is 0.0408. The van der Waals surface area contributed by atoms with Crippen molar-refractivity contribution >= 4 is 38.9 Å². The quantitative estimate of drug-likeness (QED) is 0.471. The molecule has 158 valence electrons. The zero-order valence-electron chi connectivity index (χ0n) is 18.2. The second-order valence-corrected chi connectivity index (χ2v) is 10.4. The highest BCUT2D eigenvalue weighted by atomic mass is 32.2. The van der Waals surface area contributed by atoms with Crippen molar-refractivity contribution in [2.75, 3.05) is 7.11 Å². The van der Waals surface area contributed by atoms with Crippen molar-refractivity contribution in [3.63, 3.8) is 0 Å². The number of methoxy groups -OCH3 is 1. The van der Waals surface area contributed by atoms with Crippen LogP contribution >= 0.6 is 0 Å². The van der Waals surface area contributed by atoms with Crippen LogP contribution in [0.15, 0.2) is 40.8 Å². The first-order chi connectivity index (χ1) is 14.1. The maximum Gasteiger partial charge on any atom is 0.307 e. The Morgan fingerprint density at radius 3 is 2.33 bits per heavy atom. The second-order valence-electron chi connectivity index (χ2n) is 8.47. The molecular weight excluding hydrogens is 398 g/mol. The van der Waals surface area contributed by atoms with Crippen LogP contribution in [0, 0.1) is 11.8 Å². The minimum Gasteiger partial charge on any atom is -0.469 e. The molecule has 0 spiro atoms. The van der Waals surface area contributed by atoms with Gasteiger partial charge in [-0.3, -0.25) is 4.79 Å². The largest absolute Gasteiger partial charge is 0.469 e. The Morgan fingerprint density at radius 2 is 1.73 bits per heavy atom. The fourth-order valence-corrected chi connectivity index (χ4v) is 4.16. The summed E-state index contributed by atoms with van der Waals surface area (Å²) in [4.78, 5) is 12.2. The van der Waals surface area contributed by atoms with Crippen LogP contribution in [-0.4, -0.2) is 22.0 Å². The molecule has 0 saturated carbocycles. The number of esters is 1. The van der Waals surface area contributed by atoms with Gasteiger partial charge in [0.1, 0.15) is 11.2 Å². The summed E-state index contributed by atoms with van der Waals surface area (Å²) < 4.78 is 26.4. The summed E-state index contributed by atoms with van der Waals surface area (Å²) >= 11 is 0. The Balaban J connectivity index is 2.16. The smallest absolute Gasteiger partial charge is 0.307 e. The second kappa shape index (κ2) is 8.25. The number of furan rings is 1. The highest BCUT2D eigenvalue weighted by Gasteiger charge is 2.35. The molecule has 0 radical (unpaired) electrons. The number of ether oxygens (including phenoxy) is 1. The summed E-state index contributed by atoms with van der Waals surface area (Å²) in [6.45, 7) is 9.33. The van der Waals surface area contributed by atoms with E-state index in [-0.39, 0.29) is 12.4 Å². The van der Waals surface area contributed by atoms with Crippen LogP contribution in [0.1, 0.15) is 52.2 Å². The van der Waals surface area contributed by atoms with Crippen LogP contribution in [0.2, 0.25) is 0 Å². The third-order valence-electron chi connectivity index (χ3n) is 4.98. The Labute approximate surface area is 179 Å². The molecule has 2 atom stereocenters. The SMILES string of the molecule is CC#Cc1ccc2oc3ccc([C@](C)(CC(=O)OC)NS(=O)C(C)(C)C)cc3c2c1. The first kappa shape index (κ1) is 22.1. The van der Waals surface area contributed by atoms with E-state index in [0.29, 0.717) is 0 Å². The van der Waals surface area contributed by atoms with Gasteiger partial charge in [0, 0.05) is 16.3 Å². The minimum absolute atomic E-state index is 0.0408. The van der Waals surface area contributed by atoms with Crippen LogP contribution in [0.4, 0.5) is 0 Å². The summed E-state index contributed by atoms with van der Waals surface area (Å²) in [5, 5.41) is 1.87. The molecule has 1 unspecified atom stereocenters. The lowest BCUT2D eigenvalue weighted by atomic mass is 9.88. The van der Waals surface area contributed by atoms with E-state index in [1.54, 1.807) is 6.92 Å². The zero-order valence-corrected chi connectivity index (χ0v) is 19.0. The number of carbonyl (C=O) groups is 1. The number of nitrogens with one attached hydrogen (secondary N) is 1. The number of hydrogen-bond acceptors (Lipinski definition) is 4. The van der Waals surface area contributed by atoms with Gasteiger partial charge in [0.25, 0.3) is 0 Å². The third-order valence-corrected chi connectivity index (χ3v) is 6.72. The molecule has 0 saturated heterocycles. The zero-order chi connectivity index (χ0) is 22.1. The van der Waals surface area contributed by atoms with Gasteiger partial charge in [-0.1, -0.05) is 12.0 Å². The number of fused-ring (bicyclic) bond motifs is 3. The predicted molar refractivity (Wildman–Crippen MR) is 121 cm³/mol. The first-order valence-electron chi connectivity index (χ1n) is 9.73. The van der Waals surface area contributed by atoms with Crippen molar-refractivity contribution < 1.29 is 18.2 Å². The highest BCUT2D eigenvalue weighted by molar-refractivity contribution is 7.84. The first-order valence-corrected chi connectivity index (χ1v) is 10.9. The molecular formula is C24H27NO4S. The van der Waals surface area contributed by atoms with Crippen molar-refractivity contribution in [1.82, 2.24) is 4.72 Å². The van der Waals surface area contributed by atoms with Gasteiger partial charge in [0.2, 0.25) is 0 Å². The number of benzene rings is 2. The van der Waals surface area contributed by atoms with Crippen molar-refractivity contribution in [1.29, 1.82) is 0 Å². The molecule has 6 heteroatoms. The normalized spacial score (nSPS) is 14.7. The number of hydrogen-bond donors (Lipinski definition) is 1. The van der Waals surface area contributed by atoms with E-state index in [1.807, 2.05) is 64.1 Å². The Kier molecular flexibility index (Phi) is 6.07. The average Bonchev–Trinajstić information content (AvgIpc) is 3.04. The molecule has 1 N–H and O–H groups in total. The van der Waals surface area contributed by atoms with Crippen molar-refractivity contribution in [3.8, 4) is 11.8 Å². The molecule has 2 aromatic carbocycles. The maximum atomic E-state index is 12.9. The average molecular weight is 426 g/mol. The molecule has 5 nitrogen and oxygen atoms in total. The van der Waals surface area contributed by atoms with Gasteiger partial charge in [0.05, 0.1) is 34.8 Å². The summed E-state index contributed by atoms with van der Waals surface area (Å²) in [5.74, 6) is 5.60. The molecule has 1 heterocycles. The van der Waals surface area contributed by atoms with E-state index in [9.17, 15) is 9.00 Å². The predicted octanol–water partition coefficient (Wildman–Crippen LogP) is 4.79. The van der Waals surface area contributed by atoms with Gasteiger partial charge in [-0.25, -0.2) is 8.93 Å². The lowest BCUT2D eigenvalue weighted by Gasteiger charge is -2.33. The van der Waals surface area contributed by atoms with E-state index >= 15 is 0 Å². The third kappa shape index (κ3) is 4.43. The molecule has 0 amide bonds. The van der Waals surface area contributed by atoms with Gasteiger partial charge in [-0.15, -0.1) is 5.92 Å². The van der Waals surface area contributed by atoms with Gasteiger partial charge in [-0.2, -0.15) is 0 Å². The number of carbonyl (C=O) groups excluding carboxylic acids is 1. The van der Waals surface area contributed by atoms with Gasteiger partial charge < -0.3 is 9.15 Å². The molecule has 0 fully saturated rings. The van der Waals surface area contributed by atoms with Crippen molar-refractivity contribution in [2.45, 2.75) is 51.3 Å². The molecule has 1 aromatic heterocycles. The number of rotatable bonds is 5. The Hall–Kier alpha value is -2.62.